The third kappa shape index (κ3) is 2.10. The zero-order chi connectivity index (χ0) is 16.6. The largest absolute Gasteiger partial charge is 0.478 e. The number of carboxylic acids is 4. The quantitative estimate of drug-likeness (QED) is 0.645. The fourth-order valence-corrected chi connectivity index (χ4v) is 2.17. The van der Waals surface area contributed by atoms with Crippen LogP contribution in [-0.4, -0.2) is 49.3 Å². The van der Waals surface area contributed by atoms with Crippen molar-refractivity contribution >= 4 is 34.8 Å². The first-order valence-electron chi connectivity index (χ1n) is 5.65. The van der Waals surface area contributed by atoms with E-state index in [1.165, 1.54) is 6.07 Å². The molecule has 0 radical (unpaired) electrons. The second kappa shape index (κ2) is 5.13. The molecule has 0 amide bonds. The van der Waals surface area contributed by atoms with E-state index < -0.39 is 51.6 Å². The number of aromatic carboxylic acids is 4. The van der Waals surface area contributed by atoms with Crippen LogP contribution in [0.3, 0.4) is 0 Å². The van der Waals surface area contributed by atoms with Crippen molar-refractivity contribution in [1.29, 1.82) is 0 Å². The molecular formula is C13H7NO8. The van der Waals surface area contributed by atoms with Crippen LogP contribution in [-0.2, 0) is 0 Å². The van der Waals surface area contributed by atoms with Gasteiger partial charge in [0.1, 0.15) is 5.56 Å². The maximum absolute atomic E-state index is 11.4. The predicted molar refractivity (Wildman–Crippen MR) is 69.6 cm³/mol. The maximum atomic E-state index is 11.4. The molecule has 0 saturated carbocycles. The molecule has 1 aromatic heterocycles. The zero-order valence-corrected chi connectivity index (χ0v) is 10.6. The summed E-state index contributed by atoms with van der Waals surface area (Å²) in [7, 11) is 0. The molecule has 0 atom stereocenters. The number of fused-ring (bicyclic) bond motifs is 1. The topological polar surface area (TPSA) is 162 Å². The molecule has 22 heavy (non-hydrogen) atoms. The van der Waals surface area contributed by atoms with E-state index in [2.05, 4.69) is 4.98 Å². The number of hydrogen-bond donors (Lipinski definition) is 4. The molecule has 9 nitrogen and oxygen atoms in total. The van der Waals surface area contributed by atoms with Crippen LogP contribution in [0.15, 0.2) is 18.3 Å². The Bertz CT molecular complexity index is 784. The Kier molecular flexibility index (Phi) is 3.47. The summed E-state index contributed by atoms with van der Waals surface area (Å²) < 4.78 is 0. The first-order valence-corrected chi connectivity index (χ1v) is 5.65. The minimum absolute atomic E-state index is 0.269. The Labute approximate surface area is 121 Å². The molecule has 0 aliphatic heterocycles. The predicted octanol–water partition coefficient (Wildman–Crippen LogP) is 1.03. The smallest absolute Gasteiger partial charge is 0.338 e. The van der Waals surface area contributed by atoms with Crippen LogP contribution < -0.4 is 0 Å². The van der Waals surface area contributed by atoms with Crippen LogP contribution in [0.5, 0.6) is 0 Å². The van der Waals surface area contributed by atoms with Gasteiger partial charge < -0.3 is 20.4 Å². The van der Waals surface area contributed by atoms with Crippen molar-refractivity contribution in [2.75, 3.05) is 0 Å². The van der Waals surface area contributed by atoms with Gasteiger partial charge in [0.15, 0.2) is 0 Å². The third-order valence-electron chi connectivity index (χ3n) is 2.92. The molecule has 0 aliphatic carbocycles. The van der Waals surface area contributed by atoms with E-state index in [-0.39, 0.29) is 5.39 Å². The second-order valence-electron chi connectivity index (χ2n) is 4.12. The van der Waals surface area contributed by atoms with Crippen molar-refractivity contribution < 1.29 is 39.6 Å². The van der Waals surface area contributed by atoms with Gasteiger partial charge in [-0.15, -0.1) is 0 Å². The average molecular weight is 305 g/mol. The Morgan fingerprint density at radius 3 is 1.64 bits per heavy atom. The molecule has 0 spiro atoms. The molecule has 9 heteroatoms. The Morgan fingerprint density at radius 2 is 1.18 bits per heavy atom. The van der Waals surface area contributed by atoms with E-state index in [0.717, 1.165) is 12.3 Å². The van der Waals surface area contributed by atoms with E-state index in [1.807, 2.05) is 0 Å². The second-order valence-corrected chi connectivity index (χ2v) is 4.12. The molecule has 0 bridgehead atoms. The summed E-state index contributed by atoms with van der Waals surface area (Å²) in [5, 5.41) is 36.5. The van der Waals surface area contributed by atoms with Gasteiger partial charge in [-0.2, -0.15) is 0 Å². The Balaban J connectivity index is 3.25. The molecule has 112 valence electrons. The molecular weight excluding hydrogens is 298 g/mol. The van der Waals surface area contributed by atoms with E-state index >= 15 is 0 Å². The molecule has 2 aromatic rings. The zero-order valence-electron chi connectivity index (χ0n) is 10.6. The van der Waals surface area contributed by atoms with Crippen LogP contribution in [0.2, 0.25) is 0 Å². The summed E-state index contributed by atoms with van der Waals surface area (Å²) in [6.45, 7) is 0. The van der Waals surface area contributed by atoms with E-state index in [4.69, 9.17) is 10.2 Å². The fraction of sp³-hybridized carbons (Fsp3) is 0. The number of carbonyl (C=O) groups is 4. The lowest BCUT2D eigenvalue weighted by Gasteiger charge is -2.13. The number of rotatable bonds is 4. The highest BCUT2D eigenvalue weighted by atomic mass is 16.4. The van der Waals surface area contributed by atoms with E-state index in [1.54, 1.807) is 0 Å². The molecule has 1 aromatic carbocycles. The standard InChI is InChI=1S/C13H7NO8/c15-10(16)5-4-2-1-3-14-9(4)8(13(21)22)7(12(19)20)6(5)11(17)18/h1-3H,(H,15,16)(H,17,18)(H,19,20)(H,21,22). The summed E-state index contributed by atoms with van der Waals surface area (Å²) in [6, 6.07) is 2.45. The summed E-state index contributed by atoms with van der Waals surface area (Å²) in [5.74, 6) is -7.15. The van der Waals surface area contributed by atoms with Crippen molar-refractivity contribution in [3.8, 4) is 0 Å². The minimum Gasteiger partial charge on any atom is -0.478 e. The summed E-state index contributed by atoms with van der Waals surface area (Å²) >= 11 is 0. The molecule has 0 aliphatic rings. The van der Waals surface area contributed by atoms with Gasteiger partial charge in [-0.1, -0.05) is 6.07 Å². The molecule has 0 saturated heterocycles. The lowest BCUT2D eigenvalue weighted by Crippen LogP contribution is -2.20. The SMILES string of the molecule is O=C(O)c1c(C(=O)O)c(C(=O)O)c2ncccc2c1C(=O)O. The first-order chi connectivity index (χ1) is 10.3. The van der Waals surface area contributed by atoms with Gasteiger partial charge in [0.05, 0.1) is 22.2 Å². The minimum atomic E-state index is -1.87. The fourth-order valence-electron chi connectivity index (χ4n) is 2.17. The molecule has 4 N–H and O–H groups in total. The lowest BCUT2D eigenvalue weighted by molar-refractivity contribution is 0.0621. The van der Waals surface area contributed by atoms with Gasteiger partial charge in [0.2, 0.25) is 0 Å². The van der Waals surface area contributed by atoms with Crippen molar-refractivity contribution in [3.63, 3.8) is 0 Å². The third-order valence-corrected chi connectivity index (χ3v) is 2.92. The van der Waals surface area contributed by atoms with E-state index in [0.29, 0.717) is 0 Å². The highest BCUT2D eigenvalue weighted by Gasteiger charge is 2.33. The Hall–Kier alpha value is -3.49. The number of aromatic nitrogens is 1. The van der Waals surface area contributed by atoms with Crippen LogP contribution in [0.25, 0.3) is 10.9 Å². The maximum Gasteiger partial charge on any atom is 0.338 e. The number of carboxylic acid groups (broad SMARTS) is 4. The van der Waals surface area contributed by atoms with Crippen LogP contribution in [0.4, 0.5) is 0 Å². The van der Waals surface area contributed by atoms with Crippen LogP contribution >= 0.6 is 0 Å². The summed E-state index contributed by atoms with van der Waals surface area (Å²) in [6.07, 6.45) is 1.15. The molecule has 1 heterocycles. The van der Waals surface area contributed by atoms with Crippen molar-refractivity contribution in [2.45, 2.75) is 0 Å². The lowest BCUT2D eigenvalue weighted by atomic mass is 9.91. The van der Waals surface area contributed by atoms with E-state index in [9.17, 15) is 29.4 Å². The van der Waals surface area contributed by atoms with Crippen LogP contribution in [0, 0.1) is 0 Å². The van der Waals surface area contributed by atoms with Gasteiger partial charge in [-0.3, -0.25) is 4.98 Å². The molecule has 0 fully saturated rings. The van der Waals surface area contributed by atoms with Gasteiger partial charge in [-0.25, -0.2) is 19.2 Å². The number of pyridine rings is 1. The highest BCUT2D eigenvalue weighted by Crippen LogP contribution is 2.30. The number of hydrogen-bond acceptors (Lipinski definition) is 5. The number of nitrogens with zero attached hydrogens (tertiary/aromatic N) is 1. The van der Waals surface area contributed by atoms with Gasteiger partial charge in [-0.05, 0) is 6.07 Å². The van der Waals surface area contributed by atoms with Gasteiger partial charge >= 0.3 is 23.9 Å². The summed E-state index contributed by atoms with van der Waals surface area (Å²) in [4.78, 5) is 49.1. The van der Waals surface area contributed by atoms with Crippen molar-refractivity contribution in [1.82, 2.24) is 4.98 Å². The number of benzene rings is 1. The highest BCUT2D eigenvalue weighted by molar-refractivity contribution is 6.22. The molecule has 0 unspecified atom stereocenters. The first kappa shape index (κ1) is 14.9. The monoisotopic (exact) mass is 305 g/mol. The van der Waals surface area contributed by atoms with Gasteiger partial charge in [0, 0.05) is 11.6 Å². The normalized spacial score (nSPS) is 10.4. The molecule has 2 rings (SSSR count). The summed E-state index contributed by atoms with van der Waals surface area (Å²) in [5.41, 5.74) is -4.32. The van der Waals surface area contributed by atoms with Crippen LogP contribution in [0.1, 0.15) is 41.4 Å². The van der Waals surface area contributed by atoms with Gasteiger partial charge in [0.25, 0.3) is 0 Å². The Morgan fingerprint density at radius 1 is 0.727 bits per heavy atom. The van der Waals surface area contributed by atoms with Crippen molar-refractivity contribution in [2.24, 2.45) is 0 Å². The van der Waals surface area contributed by atoms with Crippen molar-refractivity contribution in [3.05, 3.63) is 40.6 Å². The average Bonchev–Trinajstić information content (AvgIpc) is 2.43.